The Morgan fingerprint density at radius 2 is 2.36 bits per heavy atom. The van der Waals surface area contributed by atoms with Gasteiger partial charge in [0.05, 0.1) is 0 Å². The van der Waals surface area contributed by atoms with Crippen molar-refractivity contribution in [3.05, 3.63) is 12.1 Å². The van der Waals surface area contributed by atoms with E-state index in [-0.39, 0.29) is 0 Å². The second-order valence-electron chi connectivity index (χ2n) is 2.83. The van der Waals surface area contributed by atoms with Crippen molar-refractivity contribution < 1.29 is 0 Å². The molecule has 0 atom stereocenters. The van der Waals surface area contributed by atoms with Crippen molar-refractivity contribution in [2.24, 2.45) is 0 Å². The molecule has 0 unspecified atom stereocenters. The highest BCUT2D eigenvalue weighted by molar-refractivity contribution is 6.18. The van der Waals surface area contributed by atoms with Gasteiger partial charge in [0.15, 0.2) is 11.5 Å². The summed E-state index contributed by atoms with van der Waals surface area (Å²) in [5.41, 5.74) is 0.632. The summed E-state index contributed by atoms with van der Waals surface area (Å²) >= 11 is 5.63. The second-order valence-corrected chi connectivity index (χ2v) is 3.21. The zero-order chi connectivity index (χ0) is 9.97. The molecule has 0 aliphatic heterocycles. The van der Waals surface area contributed by atoms with E-state index in [1.165, 1.54) is 4.63 Å². The molecule has 2 heterocycles. The Labute approximate surface area is 85.5 Å². The molecule has 0 spiro atoms. The van der Waals surface area contributed by atoms with Gasteiger partial charge in [0.1, 0.15) is 0 Å². The predicted molar refractivity (Wildman–Crippen MR) is 52.6 cm³/mol. The first-order chi connectivity index (χ1) is 6.81. The average molecular weight is 213 g/mol. The number of hydrogen-bond acceptors (Lipinski definition) is 5. The Morgan fingerprint density at radius 3 is 3.14 bits per heavy atom. The summed E-state index contributed by atoms with van der Waals surface area (Å²) in [6.07, 6.45) is 0. The summed E-state index contributed by atoms with van der Waals surface area (Å²) in [4.78, 5) is 1.94. The third kappa shape index (κ3) is 1.60. The number of halogens is 1. The van der Waals surface area contributed by atoms with Crippen LogP contribution < -0.4 is 4.90 Å². The van der Waals surface area contributed by atoms with Crippen molar-refractivity contribution in [3.63, 3.8) is 0 Å². The fourth-order valence-corrected chi connectivity index (χ4v) is 1.34. The van der Waals surface area contributed by atoms with E-state index in [1.54, 1.807) is 0 Å². The first-order valence-electron chi connectivity index (χ1n) is 4.14. The van der Waals surface area contributed by atoms with E-state index in [4.69, 9.17) is 11.6 Å². The van der Waals surface area contributed by atoms with Crippen LogP contribution in [0.15, 0.2) is 12.1 Å². The Bertz CT molecular complexity index is 427. The first kappa shape index (κ1) is 9.14. The molecule has 74 valence electrons. The molecular weight excluding hydrogens is 204 g/mol. The molecule has 0 saturated carbocycles. The number of aromatic nitrogens is 5. The van der Waals surface area contributed by atoms with Gasteiger partial charge < -0.3 is 4.90 Å². The molecule has 6 nitrogen and oxygen atoms in total. The van der Waals surface area contributed by atoms with E-state index >= 15 is 0 Å². The van der Waals surface area contributed by atoms with E-state index in [0.717, 1.165) is 12.4 Å². The summed E-state index contributed by atoms with van der Waals surface area (Å²) in [6, 6.07) is 3.67. The summed E-state index contributed by atoms with van der Waals surface area (Å²) < 4.78 is 1.39. The van der Waals surface area contributed by atoms with Gasteiger partial charge in [-0.05, 0) is 22.6 Å². The third-order valence-electron chi connectivity index (χ3n) is 1.87. The molecule has 0 saturated heterocycles. The Hall–Kier alpha value is -1.43. The number of rotatable bonds is 3. The van der Waals surface area contributed by atoms with Gasteiger partial charge in [0.25, 0.3) is 0 Å². The van der Waals surface area contributed by atoms with E-state index < -0.39 is 0 Å². The highest BCUT2D eigenvalue weighted by Gasteiger charge is 2.04. The smallest absolute Gasteiger partial charge is 0.200 e. The molecule has 0 fully saturated rings. The van der Waals surface area contributed by atoms with Gasteiger partial charge in [-0.15, -0.1) is 26.4 Å². The minimum Gasteiger partial charge on any atom is -0.357 e. The van der Waals surface area contributed by atoms with Crippen molar-refractivity contribution in [2.45, 2.75) is 0 Å². The molecule has 0 aliphatic carbocycles. The summed E-state index contributed by atoms with van der Waals surface area (Å²) in [6.45, 7) is 0.738. The molecule has 0 radical (unpaired) electrons. The number of nitrogens with zero attached hydrogens (tertiary/aromatic N) is 6. The number of hydrogen-bond donors (Lipinski definition) is 0. The zero-order valence-electron chi connectivity index (χ0n) is 7.63. The number of fused-ring (bicyclic) bond motifs is 1. The maximum absolute atomic E-state index is 5.63. The van der Waals surface area contributed by atoms with Crippen molar-refractivity contribution in [2.75, 3.05) is 24.4 Å². The van der Waals surface area contributed by atoms with Crippen LogP contribution in [0.5, 0.6) is 0 Å². The SMILES string of the molecule is CN(CCCl)c1ccc2nnnn2n1. The van der Waals surface area contributed by atoms with Gasteiger partial charge in [0, 0.05) is 19.5 Å². The highest BCUT2D eigenvalue weighted by atomic mass is 35.5. The van der Waals surface area contributed by atoms with Gasteiger partial charge >= 0.3 is 0 Å². The van der Waals surface area contributed by atoms with Gasteiger partial charge in [-0.25, -0.2) is 0 Å². The minimum absolute atomic E-state index is 0.561. The molecule has 7 heteroatoms. The molecular formula is C7H9ClN6. The van der Waals surface area contributed by atoms with Crippen LogP contribution in [0.1, 0.15) is 0 Å². The van der Waals surface area contributed by atoms with Crippen LogP contribution in [-0.4, -0.2) is 44.7 Å². The Morgan fingerprint density at radius 1 is 1.50 bits per heavy atom. The molecule has 0 N–H and O–H groups in total. The maximum Gasteiger partial charge on any atom is 0.200 e. The lowest BCUT2D eigenvalue weighted by molar-refractivity contribution is 0.724. The predicted octanol–water partition coefficient (Wildman–Crippen LogP) is 0.194. The molecule has 2 aromatic rings. The van der Waals surface area contributed by atoms with E-state index in [1.807, 2.05) is 24.1 Å². The van der Waals surface area contributed by atoms with Gasteiger partial charge in [-0.1, -0.05) is 0 Å². The van der Waals surface area contributed by atoms with Crippen molar-refractivity contribution in [1.82, 2.24) is 25.3 Å². The van der Waals surface area contributed by atoms with Crippen molar-refractivity contribution in [1.29, 1.82) is 0 Å². The lowest BCUT2D eigenvalue weighted by atomic mass is 10.5. The van der Waals surface area contributed by atoms with Crippen molar-refractivity contribution in [3.8, 4) is 0 Å². The molecule has 0 bridgehead atoms. The molecule has 0 aliphatic rings. The lowest BCUT2D eigenvalue weighted by Gasteiger charge is -2.15. The fraction of sp³-hybridized carbons (Fsp3) is 0.429. The van der Waals surface area contributed by atoms with Gasteiger partial charge in [-0.3, -0.25) is 0 Å². The third-order valence-corrected chi connectivity index (χ3v) is 2.04. The van der Waals surface area contributed by atoms with Crippen LogP contribution in [0.4, 0.5) is 5.82 Å². The molecule has 2 rings (SSSR count). The number of anilines is 1. The topological polar surface area (TPSA) is 59.2 Å². The summed E-state index contributed by atoms with van der Waals surface area (Å²) in [5.74, 6) is 1.36. The van der Waals surface area contributed by atoms with E-state index in [0.29, 0.717) is 11.5 Å². The second kappa shape index (κ2) is 3.75. The first-order valence-corrected chi connectivity index (χ1v) is 4.67. The van der Waals surface area contributed by atoms with Crippen molar-refractivity contribution >= 4 is 23.1 Å². The zero-order valence-corrected chi connectivity index (χ0v) is 8.39. The van der Waals surface area contributed by atoms with E-state index in [9.17, 15) is 0 Å². The van der Waals surface area contributed by atoms with Crippen LogP contribution >= 0.6 is 11.6 Å². The molecule has 14 heavy (non-hydrogen) atoms. The largest absolute Gasteiger partial charge is 0.357 e. The monoisotopic (exact) mass is 212 g/mol. The average Bonchev–Trinajstić information content (AvgIpc) is 2.64. The maximum atomic E-state index is 5.63. The van der Waals surface area contributed by atoms with Crippen LogP contribution in [0.2, 0.25) is 0 Å². The fourth-order valence-electron chi connectivity index (χ4n) is 1.09. The Balaban J connectivity index is 2.33. The quantitative estimate of drug-likeness (QED) is 0.680. The number of tetrazole rings is 1. The molecule has 2 aromatic heterocycles. The van der Waals surface area contributed by atoms with Crippen LogP contribution in [-0.2, 0) is 0 Å². The number of alkyl halides is 1. The van der Waals surface area contributed by atoms with Gasteiger partial charge in [-0.2, -0.15) is 0 Å². The highest BCUT2D eigenvalue weighted by Crippen LogP contribution is 2.07. The van der Waals surface area contributed by atoms with E-state index in [2.05, 4.69) is 20.6 Å². The normalized spacial score (nSPS) is 10.7. The van der Waals surface area contributed by atoms with Gasteiger partial charge in [0.2, 0.25) is 0 Å². The lowest BCUT2D eigenvalue weighted by Crippen LogP contribution is -2.21. The van der Waals surface area contributed by atoms with Crippen LogP contribution in [0.3, 0.4) is 0 Å². The summed E-state index contributed by atoms with van der Waals surface area (Å²) in [7, 11) is 1.92. The summed E-state index contributed by atoms with van der Waals surface area (Å²) in [5, 5.41) is 15.2. The Kier molecular flexibility index (Phi) is 2.45. The minimum atomic E-state index is 0.561. The molecule has 0 amide bonds. The molecule has 0 aromatic carbocycles. The van der Waals surface area contributed by atoms with Crippen LogP contribution in [0.25, 0.3) is 5.65 Å². The van der Waals surface area contributed by atoms with Crippen LogP contribution in [0, 0.1) is 0 Å². The standard InChI is InChI=1S/C7H9ClN6/c1-13(5-4-8)7-3-2-6-9-11-12-14(6)10-7/h2-3H,4-5H2,1H3.